The molecule has 2 bridgehead atoms. The van der Waals surface area contributed by atoms with E-state index < -0.39 is 0 Å². The summed E-state index contributed by atoms with van der Waals surface area (Å²) in [5.41, 5.74) is 0. The van der Waals surface area contributed by atoms with Crippen molar-refractivity contribution in [1.82, 2.24) is 10.2 Å². The highest BCUT2D eigenvalue weighted by molar-refractivity contribution is 5.71. The molecule has 2 unspecified atom stereocenters. The Kier molecular flexibility index (Phi) is 2.51. The Bertz CT molecular complexity index is 200. The number of hydrogen-bond acceptors (Lipinski definition) is 4. The molecule has 3 aliphatic heterocycles. The van der Waals surface area contributed by atoms with Gasteiger partial charge in [-0.1, -0.05) is 0 Å². The molecule has 3 rings (SSSR count). The van der Waals surface area contributed by atoms with Crippen LogP contribution in [0.15, 0.2) is 0 Å². The summed E-state index contributed by atoms with van der Waals surface area (Å²) in [6.45, 7) is 2.49. The van der Waals surface area contributed by atoms with Crippen molar-refractivity contribution in [3.63, 3.8) is 0 Å². The zero-order valence-corrected chi connectivity index (χ0v) is 7.95. The van der Waals surface area contributed by atoms with Crippen molar-refractivity contribution in [3.8, 4) is 0 Å². The number of hydrogen-bond donors (Lipinski definition) is 1. The number of carbonyl (C=O) groups is 1. The number of nitrogens with zero attached hydrogens (tertiary/aromatic N) is 1. The molecule has 0 aliphatic carbocycles. The predicted molar refractivity (Wildman–Crippen MR) is 48.4 cm³/mol. The van der Waals surface area contributed by atoms with Crippen LogP contribution >= 0.6 is 0 Å². The van der Waals surface area contributed by atoms with Crippen molar-refractivity contribution in [2.24, 2.45) is 0 Å². The number of fused-ring (bicyclic) bond motifs is 3. The number of piperazine rings is 1. The van der Waals surface area contributed by atoms with Gasteiger partial charge in [-0.05, 0) is 12.8 Å². The Hall–Kier alpha value is -0.610. The Morgan fingerprint density at radius 2 is 2.46 bits per heavy atom. The minimum absolute atomic E-state index is 0.118. The second kappa shape index (κ2) is 3.64. The molecule has 0 aromatic carbocycles. The molecule has 0 saturated carbocycles. The van der Waals surface area contributed by atoms with Crippen molar-refractivity contribution in [3.05, 3.63) is 0 Å². The van der Waals surface area contributed by atoms with Gasteiger partial charge in [0.1, 0.15) is 0 Å². The second-order valence-electron chi connectivity index (χ2n) is 3.84. The third kappa shape index (κ3) is 1.84. The molecule has 3 aliphatic rings. The van der Waals surface area contributed by atoms with Crippen LogP contribution in [0.2, 0.25) is 0 Å². The fraction of sp³-hybridized carbons (Fsp3) is 0.889. The quantitative estimate of drug-likeness (QED) is 0.593. The largest absolute Gasteiger partial charge is 0.468 e. The molecule has 2 atom stereocenters. The summed E-state index contributed by atoms with van der Waals surface area (Å²) in [6, 6.07) is 1.14. The highest BCUT2D eigenvalue weighted by Crippen LogP contribution is 2.21. The van der Waals surface area contributed by atoms with Crippen molar-refractivity contribution >= 4 is 5.97 Å². The number of nitrogens with one attached hydrogen (secondary N) is 1. The summed E-state index contributed by atoms with van der Waals surface area (Å²) in [6.07, 6.45) is 2.47. The van der Waals surface area contributed by atoms with Crippen molar-refractivity contribution in [2.45, 2.75) is 24.9 Å². The molecular weight excluding hydrogens is 168 g/mol. The molecule has 13 heavy (non-hydrogen) atoms. The van der Waals surface area contributed by atoms with E-state index in [0.29, 0.717) is 18.6 Å². The lowest BCUT2D eigenvalue weighted by molar-refractivity contribution is -0.143. The lowest BCUT2D eigenvalue weighted by Crippen LogP contribution is -2.61. The van der Waals surface area contributed by atoms with Gasteiger partial charge in [0.2, 0.25) is 0 Å². The standard InChI is InChI=1S/C9H16N2O2/c1-13-9(12)6-11-5-7-2-3-8(11)4-10-7/h7-8,10H,2-6H2,1H3. The van der Waals surface area contributed by atoms with Gasteiger partial charge in [0, 0.05) is 25.2 Å². The van der Waals surface area contributed by atoms with Gasteiger partial charge in [-0.3, -0.25) is 9.69 Å². The molecule has 74 valence electrons. The monoisotopic (exact) mass is 184 g/mol. The van der Waals surface area contributed by atoms with E-state index in [4.69, 9.17) is 0 Å². The van der Waals surface area contributed by atoms with Gasteiger partial charge in [-0.25, -0.2) is 0 Å². The van der Waals surface area contributed by atoms with Crippen LogP contribution in [0.5, 0.6) is 0 Å². The summed E-state index contributed by atoms with van der Waals surface area (Å²) in [4.78, 5) is 13.3. The zero-order valence-electron chi connectivity index (χ0n) is 7.95. The van der Waals surface area contributed by atoms with Crippen molar-refractivity contribution < 1.29 is 9.53 Å². The first-order valence-corrected chi connectivity index (χ1v) is 4.84. The first kappa shape index (κ1) is 8.97. The van der Waals surface area contributed by atoms with Crippen LogP contribution in [0, 0.1) is 0 Å². The average molecular weight is 184 g/mol. The first-order valence-electron chi connectivity index (χ1n) is 4.84. The highest BCUT2D eigenvalue weighted by Gasteiger charge is 2.34. The fourth-order valence-corrected chi connectivity index (χ4v) is 2.22. The van der Waals surface area contributed by atoms with Gasteiger partial charge >= 0.3 is 5.97 Å². The average Bonchev–Trinajstić information content (AvgIpc) is 2.19. The molecule has 0 radical (unpaired) electrons. The third-order valence-electron chi connectivity index (χ3n) is 3.02. The number of piperidine rings is 2. The number of ether oxygens (including phenoxy) is 1. The Balaban J connectivity index is 1.90. The Morgan fingerprint density at radius 1 is 1.62 bits per heavy atom. The molecule has 0 spiro atoms. The van der Waals surface area contributed by atoms with E-state index in [2.05, 4.69) is 15.0 Å². The van der Waals surface area contributed by atoms with Gasteiger partial charge in [0.05, 0.1) is 13.7 Å². The van der Waals surface area contributed by atoms with Crippen molar-refractivity contribution in [2.75, 3.05) is 26.7 Å². The summed E-state index contributed by atoms with van der Waals surface area (Å²) in [7, 11) is 1.45. The van der Waals surface area contributed by atoms with Crippen LogP contribution in [0.4, 0.5) is 0 Å². The number of methoxy groups -OCH3 is 1. The zero-order chi connectivity index (χ0) is 9.26. The smallest absolute Gasteiger partial charge is 0.319 e. The van der Waals surface area contributed by atoms with E-state index in [0.717, 1.165) is 13.1 Å². The normalized spacial score (nSPS) is 33.3. The maximum absolute atomic E-state index is 11.1. The van der Waals surface area contributed by atoms with Crippen LogP contribution in [0.3, 0.4) is 0 Å². The lowest BCUT2D eigenvalue weighted by atomic mass is 9.93. The number of esters is 1. The maximum Gasteiger partial charge on any atom is 0.319 e. The molecule has 0 aromatic rings. The lowest BCUT2D eigenvalue weighted by Gasteiger charge is -2.45. The highest BCUT2D eigenvalue weighted by atomic mass is 16.5. The van der Waals surface area contributed by atoms with E-state index in [-0.39, 0.29) is 5.97 Å². The molecule has 3 saturated heterocycles. The summed E-state index contributed by atoms with van der Waals surface area (Å²) in [5.74, 6) is -0.118. The molecule has 1 N–H and O–H groups in total. The van der Waals surface area contributed by atoms with Crippen LogP contribution < -0.4 is 5.32 Å². The molecule has 0 aromatic heterocycles. The van der Waals surface area contributed by atoms with Crippen molar-refractivity contribution in [1.29, 1.82) is 0 Å². The van der Waals surface area contributed by atoms with Gasteiger partial charge in [-0.15, -0.1) is 0 Å². The van der Waals surface area contributed by atoms with E-state index >= 15 is 0 Å². The Labute approximate surface area is 78.2 Å². The van der Waals surface area contributed by atoms with Gasteiger partial charge in [-0.2, -0.15) is 0 Å². The van der Waals surface area contributed by atoms with Crippen LogP contribution in [-0.4, -0.2) is 49.7 Å². The molecule has 4 heteroatoms. The molecular formula is C9H16N2O2. The van der Waals surface area contributed by atoms with Gasteiger partial charge in [0.25, 0.3) is 0 Å². The van der Waals surface area contributed by atoms with Gasteiger partial charge < -0.3 is 10.1 Å². The predicted octanol–water partition coefficient (Wildman–Crippen LogP) is -0.404. The van der Waals surface area contributed by atoms with Crippen LogP contribution in [0.25, 0.3) is 0 Å². The van der Waals surface area contributed by atoms with Crippen LogP contribution in [0.1, 0.15) is 12.8 Å². The maximum atomic E-state index is 11.1. The molecule has 3 heterocycles. The summed E-state index contributed by atoms with van der Waals surface area (Å²) >= 11 is 0. The molecule has 4 nitrogen and oxygen atoms in total. The van der Waals surface area contributed by atoms with Gasteiger partial charge in [0.15, 0.2) is 0 Å². The van der Waals surface area contributed by atoms with E-state index in [1.165, 1.54) is 20.0 Å². The SMILES string of the molecule is COC(=O)CN1CC2CCC1CN2. The second-order valence-corrected chi connectivity index (χ2v) is 3.84. The molecule has 0 amide bonds. The third-order valence-corrected chi connectivity index (χ3v) is 3.02. The minimum Gasteiger partial charge on any atom is -0.468 e. The van der Waals surface area contributed by atoms with E-state index in [1.807, 2.05) is 0 Å². The minimum atomic E-state index is -0.118. The van der Waals surface area contributed by atoms with E-state index in [1.54, 1.807) is 0 Å². The number of rotatable bonds is 2. The Morgan fingerprint density at radius 3 is 2.92 bits per heavy atom. The first-order chi connectivity index (χ1) is 6.29. The number of carbonyl (C=O) groups excluding carboxylic acids is 1. The summed E-state index contributed by atoms with van der Waals surface area (Å²) < 4.78 is 4.66. The topological polar surface area (TPSA) is 41.6 Å². The summed E-state index contributed by atoms with van der Waals surface area (Å²) in [5, 5.41) is 3.45. The molecule has 3 fully saturated rings. The van der Waals surface area contributed by atoms with E-state index in [9.17, 15) is 4.79 Å². The van der Waals surface area contributed by atoms with Crippen LogP contribution in [-0.2, 0) is 9.53 Å². The fourth-order valence-electron chi connectivity index (χ4n) is 2.22.